The van der Waals surface area contributed by atoms with Crippen molar-refractivity contribution in [3.8, 4) is 0 Å². The lowest BCUT2D eigenvalue weighted by molar-refractivity contribution is 0.0698. The Bertz CT molecular complexity index is 760. The minimum absolute atomic E-state index is 0.0350. The molecule has 0 aliphatic heterocycles. The fourth-order valence-electron chi connectivity index (χ4n) is 1.78. The van der Waals surface area contributed by atoms with Gasteiger partial charge in [-0.1, -0.05) is 46.3 Å². The quantitative estimate of drug-likeness (QED) is 0.847. The summed E-state index contributed by atoms with van der Waals surface area (Å²) >= 11 is 3.19. The molecule has 0 spiro atoms. The molecule has 0 saturated carbocycles. The summed E-state index contributed by atoms with van der Waals surface area (Å²) in [4.78, 5) is 11.1. The summed E-state index contributed by atoms with van der Waals surface area (Å²) in [5, 5.41) is 9.09. The van der Waals surface area contributed by atoms with E-state index in [0.29, 0.717) is 10.0 Å². The van der Waals surface area contributed by atoms with Crippen LogP contribution in [0.25, 0.3) is 0 Å². The maximum Gasteiger partial charge on any atom is 0.337 e. The van der Waals surface area contributed by atoms with Crippen molar-refractivity contribution in [1.29, 1.82) is 0 Å². The van der Waals surface area contributed by atoms with Crippen molar-refractivity contribution in [2.45, 2.75) is 5.75 Å². The highest BCUT2D eigenvalue weighted by atomic mass is 79.9. The number of halogens is 1. The minimum atomic E-state index is -3.69. The molecule has 0 heterocycles. The number of carbonyl (C=O) groups is 1. The van der Waals surface area contributed by atoms with Gasteiger partial charge in [0.2, 0.25) is 10.0 Å². The normalized spacial score (nSPS) is 11.1. The number of aromatic carboxylic acids is 1. The maximum atomic E-state index is 12.1. The lowest BCUT2D eigenvalue weighted by Crippen LogP contribution is -2.17. The first-order chi connectivity index (χ1) is 9.87. The molecule has 21 heavy (non-hydrogen) atoms. The van der Waals surface area contributed by atoms with Gasteiger partial charge in [-0.25, -0.2) is 13.2 Å². The second-order valence-corrected chi connectivity index (χ2v) is 6.98. The molecule has 2 aromatic carbocycles. The Hall–Kier alpha value is -1.86. The fraction of sp³-hybridized carbons (Fsp3) is 0.0714. The van der Waals surface area contributed by atoms with Gasteiger partial charge < -0.3 is 5.11 Å². The molecule has 0 radical (unpaired) electrons. The highest BCUT2D eigenvalue weighted by Gasteiger charge is 2.17. The lowest BCUT2D eigenvalue weighted by Gasteiger charge is -2.11. The summed E-state index contributed by atoms with van der Waals surface area (Å²) in [7, 11) is -3.69. The van der Waals surface area contributed by atoms with Crippen LogP contribution in [-0.2, 0) is 15.8 Å². The highest BCUT2D eigenvalue weighted by Crippen LogP contribution is 2.23. The zero-order valence-corrected chi connectivity index (χ0v) is 13.2. The van der Waals surface area contributed by atoms with E-state index in [2.05, 4.69) is 20.7 Å². The Balaban J connectivity index is 2.28. The van der Waals surface area contributed by atoms with Gasteiger partial charge in [0.1, 0.15) is 0 Å². The number of sulfonamides is 1. The molecule has 0 atom stereocenters. The summed E-state index contributed by atoms with van der Waals surface area (Å²) in [6.45, 7) is 0. The van der Waals surface area contributed by atoms with E-state index in [9.17, 15) is 13.2 Å². The fourth-order valence-corrected chi connectivity index (χ4v) is 3.35. The van der Waals surface area contributed by atoms with Crippen molar-refractivity contribution in [3.05, 3.63) is 64.1 Å². The van der Waals surface area contributed by atoms with E-state index in [0.717, 1.165) is 0 Å². The van der Waals surface area contributed by atoms with E-state index in [1.54, 1.807) is 36.4 Å². The second-order valence-electron chi connectivity index (χ2n) is 4.34. The summed E-state index contributed by atoms with van der Waals surface area (Å²) in [6.07, 6.45) is 0. The van der Waals surface area contributed by atoms with E-state index in [1.165, 1.54) is 12.1 Å². The van der Waals surface area contributed by atoms with E-state index in [1.807, 2.05) is 0 Å². The van der Waals surface area contributed by atoms with E-state index >= 15 is 0 Å². The number of hydrogen-bond acceptors (Lipinski definition) is 3. The highest BCUT2D eigenvalue weighted by molar-refractivity contribution is 9.10. The van der Waals surface area contributed by atoms with Crippen molar-refractivity contribution in [1.82, 2.24) is 0 Å². The maximum absolute atomic E-state index is 12.1. The molecule has 7 heteroatoms. The molecule has 0 bridgehead atoms. The molecule has 0 aliphatic rings. The van der Waals surface area contributed by atoms with Crippen molar-refractivity contribution in [2.24, 2.45) is 0 Å². The third-order valence-corrected chi connectivity index (χ3v) is 4.41. The van der Waals surface area contributed by atoms with Gasteiger partial charge in [0.05, 0.1) is 17.0 Å². The molecule has 0 unspecified atom stereocenters. The van der Waals surface area contributed by atoms with Gasteiger partial charge in [-0.05, 0) is 23.8 Å². The van der Waals surface area contributed by atoms with Crippen LogP contribution in [-0.4, -0.2) is 19.5 Å². The number of carboxylic acid groups (broad SMARTS) is 1. The van der Waals surface area contributed by atoms with Gasteiger partial charge in [-0.3, -0.25) is 4.72 Å². The number of hydrogen-bond donors (Lipinski definition) is 2. The summed E-state index contributed by atoms with van der Waals surface area (Å²) in [6, 6.07) is 13.0. The Morgan fingerprint density at radius 1 is 1.14 bits per heavy atom. The number of anilines is 1. The summed E-state index contributed by atoms with van der Waals surface area (Å²) in [5.41, 5.74) is 0.555. The molecule has 0 saturated heterocycles. The molecular weight excluding hydrogens is 358 g/mol. The third kappa shape index (κ3) is 4.30. The lowest BCUT2D eigenvalue weighted by atomic mass is 10.2. The Kier molecular flexibility index (Phi) is 4.64. The first kappa shape index (κ1) is 15.5. The van der Waals surface area contributed by atoms with Gasteiger partial charge in [0, 0.05) is 4.47 Å². The second kappa shape index (κ2) is 6.28. The minimum Gasteiger partial charge on any atom is -0.478 e. The predicted octanol–water partition coefficient (Wildman–Crippen LogP) is 3.09. The number of nitrogens with one attached hydrogen (secondary N) is 1. The van der Waals surface area contributed by atoms with Gasteiger partial charge in [0.25, 0.3) is 0 Å². The summed E-state index contributed by atoms with van der Waals surface area (Å²) in [5.74, 6) is -1.42. The predicted molar refractivity (Wildman–Crippen MR) is 83.8 cm³/mol. The average Bonchev–Trinajstić information content (AvgIpc) is 2.38. The monoisotopic (exact) mass is 369 g/mol. The molecule has 0 aliphatic carbocycles. The van der Waals surface area contributed by atoms with Gasteiger partial charge in [-0.15, -0.1) is 0 Å². The van der Waals surface area contributed by atoms with E-state index in [-0.39, 0.29) is 17.0 Å². The van der Waals surface area contributed by atoms with Crippen LogP contribution in [0.2, 0.25) is 0 Å². The van der Waals surface area contributed by atoms with E-state index in [4.69, 9.17) is 5.11 Å². The zero-order chi connectivity index (χ0) is 15.5. The standard InChI is InChI=1S/C14H12BrNO4S/c15-11-6-7-12(14(17)18)13(8-11)16-21(19,20)9-10-4-2-1-3-5-10/h1-8,16H,9H2,(H,17,18). The average molecular weight is 370 g/mol. The topological polar surface area (TPSA) is 83.5 Å². The number of benzene rings is 2. The molecule has 0 fully saturated rings. The number of rotatable bonds is 5. The van der Waals surface area contributed by atoms with Crippen LogP contribution in [0.15, 0.2) is 53.0 Å². The largest absolute Gasteiger partial charge is 0.478 e. The Morgan fingerprint density at radius 2 is 1.81 bits per heavy atom. The van der Waals surface area contributed by atoms with Crippen LogP contribution < -0.4 is 4.72 Å². The molecule has 2 rings (SSSR count). The Labute approximate surface area is 130 Å². The van der Waals surface area contributed by atoms with Crippen LogP contribution >= 0.6 is 15.9 Å². The molecule has 5 nitrogen and oxygen atoms in total. The first-order valence-electron chi connectivity index (χ1n) is 5.95. The molecule has 0 amide bonds. The molecule has 110 valence electrons. The molecule has 2 N–H and O–H groups in total. The Morgan fingerprint density at radius 3 is 2.43 bits per heavy atom. The van der Waals surface area contributed by atoms with Crippen molar-refractivity contribution >= 4 is 37.6 Å². The smallest absolute Gasteiger partial charge is 0.337 e. The van der Waals surface area contributed by atoms with Crippen LogP contribution in [0, 0.1) is 0 Å². The van der Waals surface area contributed by atoms with Crippen LogP contribution in [0.3, 0.4) is 0 Å². The molecule has 0 aromatic heterocycles. The molecule has 2 aromatic rings. The van der Waals surface area contributed by atoms with Crippen LogP contribution in [0.4, 0.5) is 5.69 Å². The zero-order valence-electron chi connectivity index (χ0n) is 10.8. The third-order valence-electron chi connectivity index (χ3n) is 2.68. The van der Waals surface area contributed by atoms with Crippen molar-refractivity contribution in [2.75, 3.05) is 4.72 Å². The van der Waals surface area contributed by atoms with E-state index < -0.39 is 16.0 Å². The van der Waals surface area contributed by atoms with Gasteiger partial charge in [-0.2, -0.15) is 0 Å². The molecular formula is C14H12BrNO4S. The van der Waals surface area contributed by atoms with Gasteiger partial charge in [0.15, 0.2) is 0 Å². The summed E-state index contributed by atoms with van der Waals surface area (Å²) < 4.78 is 27.2. The van der Waals surface area contributed by atoms with Crippen LogP contribution in [0.1, 0.15) is 15.9 Å². The van der Waals surface area contributed by atoms with Crippen LogP contribution in [0.5, 0.6) is 0 Å². The van der Waals surface area contributed by atoms with Crippen molar-refractivity contribution in [3.63, 3.8) is 0 Å². The SMILES string of the molecule is O=C(O)c1ccc(Br)cc1NS(=O)(=O)Cc1ccccc1. The van der Waals surface area contributed by atoms with Crippen molar-refractivity contribution < 1.29 is 18.3 Å². The number of carboxylic acids is 1. The van der Waals surface area contributed by atoms with Gasteiger partial charge >= 0.3 is 5.97 Å². The first-order valence-corrected chi connectivity index (χ1v) is 8.39.